The van der Waals surface area contributed by atoms with Crippen molar-refractivity contribution in [3.63, 3.8) is 0 Å². The number of aliphatic hydroxyl groups excluding tert-OH is 11. The van der Waals surface area contributed by atoms with E-state index in [1.807, 2.05) is 0 Å². The van der Waals surface area contributed by atoms with Crippen molar-refractivity contribution in [3.8, 4) is 0 Å². The molecule has 16 unspecified atom stereocenters. The molecule has 482 valence electrons. The molecule has 24 heteroatoms. The second kappa shape index (κ2) is 42.9. The van der Waals surface area contributed by atoms with Crippen LogP contribution in [0.2, 0.25) is 0 Å². The minimum atomic E-state index is -5.64. The maximum atomic E-state index is 14.0. The van der Waals surface area contributed by atoms with Crippen LogP contribution in [0.5, 0.6) is 0 Å². The van der Waals surface area contributed by atoms with Crippen LogP contribution in [0.25, 0.3) is 0 Å². The first kappa shape index (κ1) is 74.4. The van der Waals surface area contributed by atoms with Crippen molar-refractivity contribution in [2.24, 2.45) is 0 Å². The molecule has 0 aromatic rings. The van der Waals surface area contributed by atoms with Crippen LogP contribution < -0.4 is 0 Å². The number of rotatable bonds is 46. The average molecular weight is 1200 g/mol. The first-order chi connectivity index (χ1) is 39.4. The Morgan fingerprint density at radius 1 is 0.451 bits per heavy atom. The average Bonchev–Trinajstić information content (AvgIpc) is 3.58. The summed E-state index contributed by atoms with van der Waals surface area (Å²) >= 11 is 0. The molecular weight excluding hydrogens is 1100 g/mol. The predicted molar refractivity (Wildman–Crippen MR) is 300 cm³/mol. The van der Waals surface area contributed by atoms with E-state index in [1.165, 1.54) is 116 Å². The highest BCUT2D eigenvalue weighted by Crippen LogP contribution is 2.49. The van der Waals surface area contributed by atoms with Gasteiger partial charge in [0, 0.05) is 12.8 Å². The van der Waals surface area contributed by atoms with Crippen LogP contribution in [-0.2, 0) is 51.6 Å². The Bertz CT molecular complexity index is 1680. The van der Waals surface area contributed by atoms with Crippen LogP contribution >= 0.6 is 7.82 Å². The van der Waals surface area contributed by atoms with Crippen LogP contribution in [0.4, 0.5) is 0 Å². The molecule has 0 bridgehead atoms. The largest absolute Gasteiger partial charge is 0.472 e. The van der Waals surface area contributed by atoms with Gasteiger partial charge in [-0.05, 0) is 38.5 Å². The monoisotopic (exact) mass is 1200 g/mol. The molecule has 0 amide bonds. The summed E-state index contributed by atoms with van der Waals surface area (Å²) in [4.78, 5) is 37.6. The van der Waals surface area contributed by atoms with E-state index in [-0.39, 0.29) is 12.8 Å². The molecule has 0 spiro atoms. The Morgan fingerprint density at radius 3 is 1.21 bits per heavy atom. The van der Waals surface area contributed by atoms with E-state index in [0.29, 0.717) is 19.3 Å². The van der Waals surface area contributed by atoms with Crippen molar-refractivity contribution < 1.29 is 113 Å². The predicted octanol–water partition coefficient (Wildman–Crippen LogP) is 5.10. The fourth-order valence-corrected chi connectivity index (χ4v) is 11.4. The zero-order valence-electron chi connectivity index (χ0n) is 49.0. The van der Waals surface area contributed by atoms with Crippen molar-refractivity contribution >= 4 is 19.8 Å². The minimum absolute atomic E-state index is 0.0488. The van der Waals surface area contributed by atoms with E-state index in [2.05, 4.69) is 26.0 Å². The lowest BCUT2D eigenvalue weighted by Gasteiger charge is -2.49. The zero-order valence-corrected chi connectivity index (χ0v) is 49.9. The van der Waals surface area contributed by atoms with Gasteiger partial charge in [0.2, 0.25) is 0 Å². The second-order valence-electron chi connectivity index (χ2n) is 22.6. The van der Waals surface area contributed by atoms with Crippen LogP contribution in [0.1, 0.15) is 213 Å². The number of hydrogen-bond donors (Lipinski definition) is 12. The van der Waals surface area contributed by atoms with Crippen molar-refractivity contribution in [3.05, 3.63) is 12.2 Å². The van der Waals surface area contributed by atoms with Gasteiger partial charge in [-0.3, -0.25) is 18.6 Å². The molecule has 2 aliphatic heterocycles. The molecule has 23 nitrogen and oxygen atoms in total. The topological polar surface area (TPSA) is 368 Å². The molecule has 0 radical (unpaired) electrons. The molecule has 16 atom stereocenters. The molecule has 0 aromatic carbocycles. The number of esters is 2. The Hall–Kier alpha value is -1.81. The summed E-state index contributed by atoms with van der Waals surface area (Å²) in [6.45, 7) is 1.02. The van der Waals surface area contributed by atoms with E-state index >= 15 is 0 Å². The fourth-order valence-electron chi connectivity index (χ4n) is 10.4. The third-order valence-electron chi connectivity index (χ3n) is 15.6. The van der Waals surface area contributed by atoms with Crippen molar-refractivity contribution in [2.75, 3.05) is 26.4 Å². The second-order valence-corrected chi connectivity index (χ2v) is 24.0. The summed E-state index contributed by atoms with van der Waals surface area (Å²) in [5.74, 6) is -1.34. The number of aliphatic hydroxyl groups is 11. The number of phosphoric ester groups is 1. The molecule has 2 heterocycles. The Morgan fingerprint density at radius 2 is 0.805 bits per heavy atom. The number of carbonyl (C=O) groups is 2. The molecular formula is C58H107O23P. The number of carbonyl (C=O) groups excluding carboxylic acids is 2. The van der Waals surface area contributed by atoms with Crippen LogP contribution in [0.15, 0.2) is 12.2 Å². The van der Waals surface area contributed by atoms with Gasteiger partial charge >= 0.3 is 19.8 Å². The van der Waals surface area contributed by atoms with Crippen molar-refractivity contribution in [2.45, 2.75) is 317 Å². The SMILES string of the molecule is CCCCCCCCCC=CCCCCCC(=O)OC(COC(=O)CCCCCCCCCCCCCCCCCCC)COP(=O)(O)OC1C(OC2OC(CO)C(O)C(O)C2O)C(O)C(O)C(O)C1OC1OC(CO)C(O)C(O)C1O. The quantitative estimate of drug-likeness (QED) is 0.0163. The number of ether oxygens (including phenoxy) is 6. The Labute approximate surface area is 486 Å². The van der Waals surface area contributed by atoms with Gasteiger partial charge in [0.25, 0.3) is 0 Å². The van der Waals surface area contributed by atoms with Gasteiger partial charge in [-0.1, -0.05) is 174 Å². The van der Waals surface area contributed by atoms with Gasteiger partial charge in [0.15, 0.2) is 18.7 Å². The lowest BCUT2D eigenvalue weighted by Crippen LogP contribution is -2.69. The van der Waals surface area contributed by atoms with Gasteiger partial charge in [0.05, 0.1) is 19.8 Å². The number of hydrogen-bond acceptors (Lipinski definition) is 22. The molecule has 82 heavy (non-hydrogen) atoms. The minimum Gasteiger partial charge on any atom is -0.462 e. The van der Waals surface area contributed by atoms with Gasteiger partial charge < -0.3 is 89.5 Å². The molecule has 12 N–H and O–H groups in total. The van der Waals surface area contributed by atoms with E-state index < -0.39 is 150 Å². The van der Waals surface area contributed by atoms with Gasteiger partial charge in [-0.15, -0.1) is 0 Å². The Balaban J connectivity index is 1.67. The normalized spacial score (nSPS) is 30.8. The molecule has 1 aliphatic carbocycles. The van der Waals surface area contributed by atoms with Crippen molar-refractivity contribution in [1.29, 1.82) is 0 Å². The molecule has 3 fully saturated rings. The molecule has 3 rings (SSSR count). The summed E-state index contributed by atoms with van der Waals surface area (Å²) in [7, 11) is -5.64. The maximum absolute atomic E-state index is 14.0. The first-order valence-corrected chi connectivity index (χ1v) is 32.5. The number of allylic oxidation sites excluding steroid dienone is 2. The molecule has 1 saturated carbocycles. The molecule has 2 saturated heterocycles. The van der Waals surface area contributed by atoms with E-state index in [9.17, 15) is 75.2 Å². The highest BCUT2D eigenvalue weighted by atomic mass is 31.2. The lowest BCUT2D eigenvalue weighted by atomic mass is 9.84. The highest BCUT2D eigenvalue weighted by molar-refractivity contribution is 7.47. The summed E-state index contributed by atoms with van der Waals surface area (Å²) < 4.78 is 58.2. The fraction of sp³-hybridized carbons (Fsp3) is 0.931. The lowest BCUT2D eigenvalue weighted by molar-refractivity contribution is -0.360. The van der Waals surface area contributed by atoms with Crippen LogP contribution in [-0.4, -0.2) is 204 Å². The summed E-state index contributed by atoms with van der Waals surface area (Å²) in [5, 5.41) is 117. The van der Waals surface area contributed by atoms with E-state index in [0.717, 1.165) is 51.4 Å². The van der Waals surface area contributed by atoms with Gasteiger partial charge in [-0.25, -0.2) is 4.57 Å². The standard InChI is InChI=1S/C58H107O23P/c1-3-5-7-9-11-13-15-17-19-20-21-23-24-26-28-30-32-34-43(61)74-38-40(76-44(62)35-33-31-29-27-25-22-18-16-14-12-10-8-6-4-2)39-75-82(72,73)81-56-54(79-57-52(70)47(65)45(63)41(36-59)77-57)50(68)49(67)51(69)55(56)80-58-53(71)48(66)46(64)42(37-60)78-58/h22,25,40-42,45-60,63-71H,3-21,23-24,26-39H2,1-2H3,(H,72,73). The highest BCUT2D eigenvalue weighted by Gasteiger charge is 2.58. The summed E-state index contributed by atoms with van der Waals surface area (Å²) in [6, 6.07) is 0. The first-order valence-electron chi connectivity index (χ1n) is 31.0. The zero-order chi connectivity index (χ0) is 60.3. The summed E-state index contributed by atoms with van der Waals surface area (Å²) in [5.41, 5.74) is 0. The summed E-state index contributed by atoms with van der Waals surface area (Å²) in [6.07, 6.45) is 1.85. The molecule has 0 aromatic heterocycles. The van der Waals surface area contributed by atoms with Gasteiger partial charge in [0.1, 0.15) is 92.1 Å². The maximum Gasteiger partial charge on any atom is 0.472 e. The van der Waals surface area contributed by atoms with E-state index in [4.69, 9.17) is 37.5 Å². The number of phosphoric acid groups is 1. The van der Waals surface area contributed by atoms with Gasteiger partial charge in [-0.2, -0.15) is 0 Å². The van der Waals surface area contributed by atoms with Crippen LogP contribution in [0, 0.1) is 0 Å². The smallest absolute Gasteiger partial charge is 0.462 e. The third kappa shape index (κ3) is 27.9. The van der Waals surface area contributed by atoms with Crippen molar-refractivity contribution in [1.82, 2.24) is 0 Å². The number of unbranched alkanes of at least 4 members (excludes halogenated alkanes) is 26. The third-order valence-corrected chi connectivity index (χ3v) is 16.6. The molecule has 3 aliphatic rings. The van der Waals surface area contributed by atoms with Crippen LogP contribution in [0.3, 0.4) is 0 Å². The van der Waals surface area contributed by atoms with E-state index in [1.54, 1.807) is 0 Å². The Kier molecular flexibility index (Phi) is 39.0.